The van der Waals surface area contributed by atoms with E-state index in [2.05, 4.69) is 30.3 Å². The van der Waals surface area contributed by atoms with Gasteiger partial charge in [-0.15, -0.1) is 0 Å². The van der Waals surface area contributed by atoms with E-state index in [9.17, 15) is 9.46 Å². The smallest absolute Gasteiger partial charge is 0.736 e. The molecule has 1 aliphatic carbocycles. The zero-order valence-corrected chi connectivity index (χ0v) is 22.2. The number of allylic oxidation sites excluding steroid dienone is 1. The van der Waals surface area contributed by atoms with Crippen LogP contribution in [0.2, 0.25) is 0 Å². The van der Waals surface area contributed by atoms with Crippen molar-refractivity contribution >= 4 is 19.5 Å². The maximum atomic E-state index is 12.3. The van der Waals surface area contributed by atoms with E-state index in [0.29, 0.717) is 5.92 Å². The molecule has 0 amide bonds. The van der Waals surface area contributed by atoms with Crippen LogP contribution in [0.15, 0.2) is 78.9 Å². The molecule has 1 saturated carbocycles. The second-order valence-electron chi connectivity index (χ2n) is 8.26. The van der Waals surface area contributed by atoms with Gasteiger partial charge in [0.25, 0.3) is 0 Å². The third-order valence-corrected chi connectivity index (χ3v) is 6.73. The van der Waals surface area contributed by atoms with E-state index in [-0.39, 0.29) is 41.1 Å². The predicted octanol–water partition coefficient (Wildman–Crippen LogP) is 4.05. The third-order valence-electron chi connectivity index (χ3n) is 5.88. The first-order valence-corrected chi connectivity index (χ1v) is 12.6. The van der Waals surface area contributed by atoms with Gasteiger partial charge in [-0.05, 0) is 66.1 Å². The summed E-state index contributed by atoms with van der Waals surface area (Å²) in [4.78, 5) is 12.3. The molecule has 0 bridgehead atoms. The molecule has 6 heteroatoms. The molecule has 33 heavy (non-hydrogen) atoms. The number of hydrogen-bond acceptors (Lipinski definition) is 4. The Morgan fingerprint density at radius 1 is 0.879 bits per heavy atom. The Balaban J connectivity index is 0.00000306. The van der Waals surface area contributed by atoms with E-state index < -0.39 is 7.82 Å². The van der Waals surface area contributed by atoms with Gasteiger partial charge < -0.3 is 13.9 Å². The van der Waals surface area contributed by atoms with E-state index in [1.165, 1.54) is 43.2 Å². The molecule has 166 valence electrons. The Morgan fingerprint density at radius 3 is 2.18 bits per heavy atom. The molecule has 0 N–H and O–H groups in total. The van der Waals surface area contributed by atoms with Gasteiger partial charge in [-0.1, -0.05) is 86.0 Å². The summed E-state index contributed by atoms with van der Waals surface area (Å²) in [5.74, 6) is 1.05. The largest absolute Gasteiger partial charge is 1.00 e. The summed E-state index contributed by atoms with van der Waals surface area (Å²) in [7, 11) is -4.54. The van der Waals surface area contributed by atoms with Gasteiger partial charge in [-0.25, -0.2) is 4.57 Å². The standard InChI is InChI=1S/C27H29O4P.Na/c1-21-10-8-9-15-27(21)31-32(28,29)30-25-18-16-22(17-19-25)20-26(23-11-4-2-5-12-23)24-13-6-3-7-14-24;/h2,4-5,8-12,15-20,24H,3,6-7,13-14H2,1H3,(H,28,29);/q;+1/p-1/b26-20+;. The molecule has 3 aromatic carbocycles. The van der Waals surface area contributed by atoms with E-state index in [0.717, 1.165) is 11.1 Å². The molecular formula is C27H28NaO4P. The molecule has 0 spiro atoms. The maximum Gasteiger partial charge on any atom is 1.00 e. The third kappa shape index (κ3) is 7.34. The molecule has 1 aliphatic rings. The quantitative estimate of drug-likeness (QED) is 0.297. The van der Waals surface area contributed by atoms with Crippen molar-refractivity contribution in [1.29, 1.82) is 0 Å². The van der Waals surface area contributed by atoms with Gasteiger partial charge in [0.05, 0.1) is 0 Å². The summed E-state index contributed by atoms with van der Waals surface area (Å²) in [5, 5.41) is 0. The van der Waals surface area contributed by atoms with Gasteiger partial charge >= 0.3 is 37.4 Å². The fraction of sp³-hybridized carbons (Fsp3) is 0.259. The summed E-state index contributed by atoms with van der Waals surface area (Å²) in [6.07, 6.45) is 8.47. The minimum absolute atomic E-state index is 0. The van der Waals surface area contributed by atoms with E-state index in [4.69, 9.17) is 9.05 Å². The van der Waals surface area contributed by atoms with Gasteiger partial charge in [-0.2, -0.15) is 0 Å². The van der Waals surface area contributed by atoms with Crippen LogP contribution in [0.3, 0.4) is 0 Å². The minimum atomic E-state index is -4.54. The molecule has 1 unspecified atom stereocenters. The zero-order valence-electron chi connectivity index (χ0n) is 19.3. The molecule has 4 rings (SSSR count). The molecule has 1 atom stereocenters. The summed E-state index contributed by atoms with van der Waals surface area (Å²) >= 11 is 0. The molecule has 0 heterocycles. The van der Waals surface area contributed by atoms with Crippen LogP contribution >= 0.6 is 7.82 Å². The van der Waals surface area contributed by atoms with Crippen molar-refractivity contribution in [2.24, 2.45) is 5.92 Å². The normalized spacial score (nSPS) is 16.4. The Morgan fingerprint density at radius 2 is 1.52 bits per heavy atom. The Kier molecular flexibility index (Phi) is 9.43. The fourth-order valence-corrected chi connectivity index (χ4v) is 5.08. The van der Waals surface area contributed by atoms with E-state index in [1.807, 2.05) is 24.3 Å². The van der Waals surface area contributed by atoms with Gasteiger partial charge in [-0.3, -0.25) is 0 Å². The first-order chi connectivity index (χ1) is 15.5. The van der Waals surface area contributed by atoms with Crippen molar-refractivity contribution in [2.45, 2.75) is 39.0 Å². The molecule has 1 fully saturated rings. The van der Waals surface area contributed by atoms with Gasteiger partial charge in [0.2, 0.25) is 0 Å². The van der Waals surface area contributed by atoms with Crippen molar-refractivity contribution in [1.82, 2.24) is 0 Å². The molecule has 3 aromatic rings. The number of rotatable bonds is 7. The van der Waals surface area contributed by atoms with Crippen molar-refractivity contribution in [3.8, 4) is 11.5 Å². The van der Waals surface area contributed by atoms with Gasteiger partial charge in [0.1, 0.15) is 11.5 Å². The monoisotopic (exact) mass is 470 g/mol. The number of hydrogen-bond donors (Lipinski definition) is 0. The Hall–Kier alpha value is -1.81. The van der Waals surface area contributed by atoms with Crippen molar-refractivity contribution in [3.05, 3.63) is 95.6 Å². The van der Waals surface area contributed by atoms with Crippen LogP contribution in [0.4, 0.5) is 0 Å². The SMILES string of the molecule is Cc1ccccc1OP(=O)([O-])Oc1ccc(/C=C(\c2ccccc2)C2CCCCC2)cc1.[Na+]. The zero-order chi connectivity index (χ0) is 22.4. The van der Waals surface area contributed by atoms with Crippen LogP contribution in [-0.2, 0) is 4.57 Å². The Bertz CT molecular complexity index is 1110. The van der Waals surface area contributed by atoms with Crippen LogP contribution < -0.4 is 43.5 Å². The molecule has 4 nitrogen and oxygen atoms in total. The first-order valence-electron chi connectivity index (χ1n) is 11.1. The van der Waals surface area contributed by atoms with Crippen molar-refractivity contribution < 1.29 is 48.1 Å². The first kappa shape index (κ1) is 25.8. The summed E-state index contributed by atoms with van der Waals surface area (Å²) in [6, 6.07) is 24.5. The van der Waals surface area contributed by atoms with Crippen LogP contribution in [0.1, 0.15) is 48.8 Å². The number of phosphoric ester groups is 1. The fourth-order valence-electron chi connectivity index (χ4n) is 4.21. The maximum absolute atomic E-state index is 12.3. The second kappa shape index (κ2) is 12.1. The molecule has 0 aliphatic heterocycles. The predicted molar refractivity (Wildman–Crippen MR) is 127 cm³/mol. The van der Waals surface area contributed by atoms with Gasteiger partial charge in [0, 0.05) is 0 Å². The summed E-state index contributed by atoms with van der Waals surface area (Å²) in [6.45, 7) is 1.78. The number of aryl methyl sites for hydroxylation is 1. The van der Waals surface area contributed by atoms with Crippen LogP contribution in [0.5, 0.6) is 11.5 Å². The van der Waals surface area contributed by atoms with Crippen LogP contribution in [0, 0.1) is 12.8 Å². The summed E-state index contributed by atoms with van der Waals surface area (Å²) in [5.41, 5.74) is 4.33. The van der Waals surface area contributed by atoms with Crippen molar-refractivity contribution in [2.75, 3.05) is 0 Å². The topological polar surface area (TPSA) is 58.6 Å². The van der Waals surface area contributed by atoms with E-state index >= 15 is 0 Å². The van der Waals surface area contributed by atoms with Gasteiger partial charge in [0.15, 0.2) is 0 Å². The average Bonchev–Trinajstić information content (AvgIpc) is 2.81. The molecule has 0 saturated heterocycles. The van der Waals surface area contributed by atoms with Crippen LogP contribution in [-0.4, -0.2) is 0 Å². The van der Waals surface area contributed by atoms with Crippen LogP contribution in [0.25, 0.3) is 11.6 Å². The number of phosphoric acid groups is 1. The summed E-state index contributed by atoms with van der Waals surface area (Å²) < 4.78 is 22.7. The average molecular weight is 470 g/mol. The van der Waals surface area contributed by atoms with Crippen molar-refractivity contribution in [3.63, 3.8) is 0 Å². The molecular weight excluding hydrogens is 442 g/mol. The second-order valence-corrected chi connectivity index (χ2v) is 9.52. The molecule has 0 aromatic heterocycles. The molecule has 0 radical (unpaired) electrons. The number of benzene rings is 3. The Labute approximate surface area is 218 Å². The van der Waals surface area contributed by atoms with E-state index in [1.54, 1.807) is 37.3 Å². The number of para-hydroxylation sites is 1. The minimum Gasteiger partial charge on any atom is -0.736 e.